The van der Waals surface area contributed by atoms with Crippen molar-refractivity contribution in [2.24, 2.45) is 0 Å². The zero-order valence-electron chi connectivity index (χ0n) is 15.2. The zero-order chi connectivity index (χ0) is 19.2. The summed E-state index contributed by atoms with van der Waals surface area (Å²) in [4.78, 5) is 29.0. The Kier molecular flexibility index (Phi) is 6.41. The number of thiazole rings is 1. The van der Waals surface area contributed by atoms with E-state index >= 15 is 0 Å². The van der Waals surface area contributed by atoms with E-state index < -0.39 is 5.97 Å². The Hall–Kier alpha value is -2.45. The quantitative estimate of drug-likeness (QED) is 0.703. The minimum absolute atomic E-state index is 0.0249. The van der Waals surface area contributed by atoms with Gasteiger partial charge in [-0.2, -0.15) is 0 Å². The average molecular weight is 389 g/mol. The van der Waals surface area contributed by atoms with Gasteiger partial charge in [-0.15, -0.1) is 11.3 Å². The normalized spacial score (nSPS) is 16.3. The first kappa shape index (κ1) is 19.3. The number of amides is 1. The molecule has 1 aliphatic rings. The first-order valence-corrected chi connectivity index (χ1v) is 9.69. The number of aromatic nitrogens is 1. The Balaban J connectivity index is 1.51. The highest BCUT2D eigenvalue weighted by atomic mass is 32.1. The number of benzene rings is 1. The molecule has 0 unspecified atom stereocenters. The van der Waals surface area contributed by atoms with Crippen LogP contribution in [0.25, 0.3) is 11.3 Å². The van der Waals surface area contributed by atoms with Gasteiger partial charge >= 0.3 is 5.97 Å². The van der Waals surface area contributed by atoms with Crippen molar-refractivity contribution in [3.05, 3.63) is 34.7 Å². The summed E-state index contributed by atoms with van der Waals surface area (Å²) in [5.41, 5.74) is 8.53. The van der Waals surface area contributed by atoms with Gasteiger partial charge in [-0.25, -0.2) is 4.98 Å². The molecule has 3 rings (SSSR count). The zero-order valence-corrected chi connectivity index (χ0v) is 16.0. The van der Waals surface area contributed by atoms with E-state index in [0.29, 0.717) is 17.4 Å². The highest BCUT2D eigenvalue weighted by Crippen LogP contribution is 2.30. The smallest absolute Gasteiger partial charge is 0.311 e. The Labute approximate surface area is 161 Å². The molecule has 0 saturated carbocycles. The Morgan fingerprint density at radius 2 is 2.15 bits per heavy atom. The summed E-state index contributed by atoms with van der Waals surface area (Å²) < 4.78 is 10.5. The van der Waals surface area contributed by atoms with Gasteiger partial charge in [0, 0.05) is 23.6 Å². The number of hydrogen-bond donors (Lipinski definition) is 2. The van der Waals surface area contributed by atoms with Crippen LogP contribution in [0.5, 0.6) is 0 Å². The lowest BCUT2D eigenvalue weighted by Crippen LogP contribution is -2.35. The second kappa shape index (κ2) is 8.96. The highest BCUT2D eigenvalue weighted by Gasteiger charge is 2.18. The van der Waals surface area contributed by atoms with Crippen LogP contribution in [0.15, 0.2) is 24.3 Å². The van der Waals surface area contributed by atoms with Crippen molar-refractivity contribution >= 4 is 28.3 Å². The number of rotatable bonds is 7. The molecule has 1 fully saturated rings. The van der Waals surface area contributed by atoms with Crippen molar-refractivity contribution in [1.82, 2.24) is 10.3 Å². The molecule has 0 spiro atoms. The van der Waals surface area contributed by atoms with Gasteiger partial charge in [-0.1, -0.05) is 29.8 Å². The molecule has 1 amide bonds. The Morgan fingerprint density at radius 1 is 1.37 bits per heavy atom. The van der Waals surface area contributed by atoms with E-state index in [2.05, 4.69) is 10.3 Å². The molecule has 0 aliphatic carbocycles. The van der Waals surface area contributed by atoms with Crippen molar-refractivity contribution in [3.8, 4) is 11.3 Å². The summed E-state index contributed by atoms with van der Waals surface area (Å²) in [5, 5.41) is 3.11. The summed E-state index contributed by atoms with van der Waals surface area (Å²) in [6.45, 7) is 2.87. The van der Waals surface area contributed by atoms with E-state index in [1.54, 1.807) is 0 Å². The summed E-state index contributed by atoms with van der Waals surface area (Å²) in [7, 11) is 0. The predicted octanol–water partition coefficient (Wildman–Crippen LogP) is 2.08. The van der Waals surface area contributed by atoms with Gasteiger partial charge in [0.05, 0.1) is 18.2 Å². The minimum Gasteiger partial charge on any atom is -0.455 e. The number of carbonyl (C=O) groups excluding carboxylic acids is 2. The maximum absolute atomic E-state index is 12.1. The number of anilines is 1. The summed E-state index contributed by atoms with van der Waals surface area (Å²) in [5.74, 6) is -0.819. The van der Waals surface area contributed by atoms with E-state index in [-0.39, 0.29) is 25.0 Å². The van der Waals surface area contributed by atoms with Crippen LogP contribution in [0.2, 0.25) is 0 Å². The predicted molar refractivity (Wildman–Crippen MR) is 103 cm³/mol. The summed E-state index contributed by atoms with van der Waals surface area (Å²) in [6, 6.07) is 7.84. The minimum atomic E-state index is -0.487. The Morgan fingerprint density at radius 3 is 2.85 bits per heavy atom. The molecule has 27 heavy (non-hydrogen) atoms. The molecule has 1 aromatic carbocycles. The molecule has 0 bridgehead atoms. The standard InChI is InChI=1S/C19H23N3O4S/c1-12-4-6-13(7-5-12)18-15(27-19(20)22-18)9-17(24)26-11-16(23)21-10-14-3-2-8-25-14/h4-7,14H,2-3,8-11H2,1H3,(H2,20,22)(H,21,23)/t14-/m0/s1. The largest absolute Gasteiger partial charge is 0.455 e. The molecule has 144 valence electrons. The molecule has 7 nitrogen and oxygen atoms in total. The maximum Gasteiger partial charge on any atom is 0.311 e. The van der Waals surface area contributed by atoms with Crippen molar-refractivity contribution in [2.75, 3.05) is 25.5 Å². The second-order valence-electron chi connectivity index (χ2n) is 6.47. The molecule has 1 saturated heterocycles. The topological polar surface area (TPSA) is 104 Å². The van der Waals surface area contributed by atoms with Gasteiger partial charge < -0.3 is 20.5 Å². The SMILES string of the molecule is Cc1ccc(-c2nc(N)sc2CC(=O)OCC(=O)NC[C@@H]2CCCO2)cc1. The molecular formula is C19H23N3O4S. The average Bonchev–Trinajstić information content (AvgIpc) is 3.28. The maximum atomic E-state index is 12.1. The number of nitrogens with zero attached hydrogens (tertiary/aromatic N) is 1. The third kappa shape index (κ3) is 5.51. The lowest BCUT2D eigenvalue weighted by atomic mass is 10.1. The monoisotopic (exact) mass is 389 g/mol. The summed E-state index contributed by atoms with van der Waals surface area (Å²) in [6.07, 6.45) is 2.03. The van der Waals surface area contributed by atoms with Crippen LogP contribution in [0.3, 0.4) is 0 Å². The number of aryl methyl sites for hydroxylation is 1. The molecule has 2 aromatic rings. The lowest BCUT2D eigenvalue weighted by Gasteiger charge is -2.11. The molecule has 1 aliphatic heterocycles. The molecular weight excluding hydrogens is 366 g/mol. The van der Waals surface area contributed by atoms with Gasteiger partial charge in [0.2, 0.25) is 0 Å². The number of ether oxygens (including phenoxy) is 2. The van der Waals surface area contributed by atoms with Crippen LogP contribution < -0.4 is 11.1 Å². The number of nitrogens with two attached hydrogens (primary N) is 1. The van der Waals surface area contributed by atoms with E-state index in [1.165, 1.54) is 11.3 Å². The number of nitrogens with one attached hydrogen (secondary N) is 1. The van der Waals surface area contributed by atoms with Crippen LogP contribution >= 0.6 is 11.3 Å². The van der Waals surface area contributed by atoms with E-state index in [0.717, 1.165) is 35.5 Å². The van der Waals surface area contributed by atoms with Gasteiger partial charge in [0.25, 0.3) is 5.91 Å². The van der Waals surface area contributed by atoms with E-state index in [9.17, 15) is 9.59 Å². The molecule has 0 radical (unpaired) electrons. The molecule has 2 heterocycles. The fourth-order valence-electron chi connectivity index (χ4n) is 2.84. The first-order valence-electron chi connectivity index (χ1n) is 8.87. The first-order chi connectivity index (χ1) is 13.0. The van der Waals surface area contributed by atoms with E-state index in [1.807, 2.05) is 31.2 Å². The van der Waals surface area contributed by atoms with Gasteiger partial charge in [0.1, 0.15) is 0 Å². The highest BCUT2D eigenvalue weighted by molar-refractivity contribution is 7.15. The number of nitrogen functional groups attached to an aromatic ring is 1. The number of esters is 1. The second-order valence-corrected chi connectivity index (χ2v) is 7.58. The third-order valence-corrected chi connectivity index (χ3v) is 5.14. The van der Waals surface area contributed by atoms with Crippen LogP contribution in [0.1, 0.15) is 23.3 Å². The van der Waals surface area contributed by atoms with Crippen molar-refractivity contribution in [3.63, 3.8) is 0 Å². The lowest BCUT2D eigenvalue weighted by molar-refractivity contribution is -0.147. The van der Waals surface area contributed by atoms with Crippen LogP contribution in [0, 0.1) is 6.92 Å². The molecule has 8 heteroatoms. The number of carbonyl (C=O) groups is 2. The van der Waals surface area contributed by atoms with E-state index in [4.69, 9.17) is 15.2 Å². The third-order valence-electron chi connectivity index (χ3n) is 4.26. The fourth-order valence-corrected chi connectivity index (χ4v) is 3.68. The molecule has 1 aromatic heterocycles. The number of hydrogen-bond acceptors (Lipinski definition) is 7. The Bertz CT molecular complexity index is 798. The van der Waals surface area contributed by atoms with Gasteiger partial charge in [-0.05, 0) is 19.8 Å². The molecule has 3 N–H and O–H groups in total. The van der Waals surface area contributed by atoms with Crippen LogP contribution in [0.4, 0.5) is 5.13 Å². The van der Waals surface area contributed by atoms with Crippen molar-refractivity contribution in [1.29, 1.82) is 0 Å². The summed E-state index contributed by atoms with van der Waals surface area (Å²) >= 11 is 1.25. The fraction of sp³-hybridized carbons (Fsp3) is 0.421. The van der Waals surface area contributed by atoms with Crippen LogP contribution in [-0.2, 0) is 25.5 Å². The van der Waals surface area contributed by atoms with Gasteiger partial charge in [-0.3, -0.25) is 9.59 Å². The molecule has 1 atom stereocenters. The van der Waals surface area contributed by atoms with Crippen molar-refractivity contribution < 1.29 is 19.1 Å². The van der Waals surface area contributed by atoms with Gasteiger partial charge in [0.15, 0.2) is 11.7 Å². The van der Waals surface area contributed by atoms with Crippen LogP contribution in [-0.4, -0.2) is 42.7 Å². The van der Waals surface area contributed by atoms with Crippen molar-refractivity contribution in [2.45, 2.75) is 32.3 Å².